The molecule has 7 heteroatoms. The van der Waals surface area contributed by atoms with Gasteiger partial charge < -0.3 is 20.9 Å². The largest absolute Gasteiger partial charge is 0.354 e. The minimum atomic E-state index is -0.226. The van der Waals surface area contributed by atoms with E-state index in [9.17, 15) is 4.79 Å². The molecule has 0 aliphatic heterocycles. The molecule has 0 spiro atoms. The number of carbonyl (C=O) groups is 1. The number of amides is 2. The third-order valence-electron chi connectivity index (χ3n) is 8.88. The lowest BCUT2D eigenvalue weighted by Crippen LogP contribution is -2.32. The molecule has 226 valence electrons. The highest BCUT2D eigenvalue weighted by molar-refractivity contribution is 5.91. The molecule has 1 heterocycles. The van der Waals surface area contributed by atoms with Crippen molar-refractivity contribution < 1.29 is 4.79 Å². The third kappa shape index (κ3) is 5.91. The standard InChI is InChI=1S/C38H38N6O/c1-44(2)22-10-9-21-39-37-40-24-26-23-34(30-13-5-6-14-31(30)35(26)42-37)25-17-19-27(20-18-25)41-38(45)43-36-32-15-7-3-11-28(32)29-12-4-8-16-33(29)36/h3-8,11-20,24,34,36H,9-10,21-23H2,1-2H3,(H,39,40,42)(H2,41,43,45). The number of carbonyl (C=O) groups excluding carboxylic acids is 1. The van der Waals surface area contributed by atoms with Crippen molar-refractivity contribution in [3.63, 3.8) is 0 Å². The molecule has 45 heavy (non-hydrogen) atoms. The van der Waals surface area contributed by atoms with E-state index in [2.05, 4.69) is 101 Å². The Kier molecular flexibility index (Phi) is 8.01. The van der Waals surface area contributed by atoms with Gasteiger partial charge in [0.15, 0.2) is 0 Å². The summed E-state index contributed by atoms with van der Waals surface area (Å²) in [5.41, 5.74) is 11.1. The number of hydrogen-bond donors (Lipinski definition) is 3. The summed E-state index contributed by atoms with van der Waals surface area (Å²) in [5.74, 6) is 0.863. The van der Waals surface area contributed by atoms with Gasteiger partial charge in [0.25, 0.3) is 0 Å². The predicted molar refractivity (Wildman–Crippen MR) is 182 cm³/mol. The van der Waals surface area contributed by atoms with Gasteiger partial charge in [0.1, 0.15) is 0 Å². The SMILES string of the molecule is CN(C)CCCCNc1ncc2c(n1)-c1ccccc1C(c1ccc(NC(=O)NC3c4ccccc4-c4ccccc43)cc1)C2. The summed E-state index contributed by atoms with van der Waals surface area (Å²) in [5, 5.41) is 9.67. The molecular weight excluding hydrogens is 556 g/mol. The van der Waals surface area contributed by atoms with Crippen molar-refractivity contribution >= 4 is 17.7 Å². The molecule has 7 rings (SSSR count). The van der Waals surface area contributed by atoms with Crippen molar-refractivity contribution in [3.05, 3.63) is 131 Å². The second-order valence-corrected chi connectivity index (χ2v) is 12.2. The van der Waals surface area contributed by atoms with Gasteiger partial charge in [-0.05, 0) is 91.0 Å². The summed E-state index contributed by atoms with van der Waals surface area (Å²) >= 11 is 0. The van der Waals surface area contributed by atoms with E-state index < -0.39 is 0 Å². The monoisotopic (exact) mass is 594 g/mol. The van der Waals surface area contributed by atoms with Gasteiger partial charge in [-0.3, -0.25) is 0 Å². The van der Waals surface area contributed by atoms with Crippen LogP contribution in [0.3, 0.4) is 0 Å². The smallest absolute Gasteiger partial charge is 0.319 e. The van der Waals surface area contributed by atoms with E-state index in [1.807, 2.05) is 42.6 Å². The van der Waals surface area contributed by atoms with Gasteiger partial charge in [0.05, 0.1) is 11.7 Å². The van der Waals surface area contributed by atoms with Crippen molar-refractivity contribution in [3.8, 4) is 22.4 Å². The molecule has 2 amide bonds. The molecule has 7 nitrogen and oxygen atoms in total. The Labute approximate surface area is 264 Å². The number of fused-ring (bicyclic) bond motifs is 6. The van der Waals surface area contributed by atoms with Crippen LogP contribution in [0.25, 0.3) is 22.4 Å². The number of aromatic nitrogens is 2. The topological polar surface area (TPSA) is 82.2 Å². The number of rotatable bonds is 9. The zero-order valence-corrected chi connectivity index (χ0v) is 25.8. The van der Waals surface area contributed by atoms with E-state index in [-0.39, 0.29) is 18.0 Å². The maximum Gasteiger partial charge on any atom is 0.319 e. The Balaban J connectivity index is 1.04. The van der Waals surface area contributed by atoms with E-state index in [1.54, 1.807) is 0 Å². The van der Waals surface area contributed by atoms with E-state index in [0.717, 1.165) is 66.0 Å². The Bertz CT molecular complexity index is 1790. The van der Waals surface area contributed by atoms with Crippen molar-refractivity contribution in [2.45, 2.75) is 31.2 Å². The normalized spacial score (nSPS) is 14.7. The molecule has 0 bridgehead atoms. The van der Waals surface area contributed by atoms with Gasteiger partial charge in [-0.15, -0.1) is 0 Å². The first-order chi connectivity index (χ1) is 22.0. The highest BCUT2D eigenvalue weighted by Crippen LogP contribution is 2.44. The van der Waals surface area contributed by atoms with Gasteiger partial charge in [-0.2, -0.15) is 0 Å². The van der Waals surface area contributed by atoms with Crippen LogP contribution in [0.15, 0.2) is 103 Å². The number of hydrogen-bond acceptors (Lipinski definition) is 5. The minimum Gasteiger partial charge on any atom is -0.354 e. The molecule has 1 aromatic heterocycles. The molecule has 5 aromatic rings. The Morgan fingerprint density at radius 1 is 0.800 bits per heavy atom. The van der Waals surface area contributed by atoms with Crippen LogP contribution >= 0.6 is 0 Å². The van der Waals surface area contributed by atoms with Crippen LogP contribution in [0, 0.1) is 0 Å². The lowest BCUT2D eigenvalue weighted by atomic mass is 9.78. The Hall–Kier alpha value is -5.01. The quantitative estimate of drug-likeness (QED) is 0.154. The number of unbranched alkanes of at least 4 members (excludes halogenated alkanes) is 1. The number of anilines is 2. The van der Waals surface area contributed by atoms with Crippen molar-refractivity contribution in [1.82, 2.24) is 20.2 Å². The van der Waals surface area contributed by atoms with Crippen LogP contribution in [0.4, 0.5) is 16.4 Å². The van der Waals surface area contributed by atoms with Crippen LogP contribution in [-0.4, -0.2) is 48.1 Å². The van der Waals surface area contributed by atoms with Crippen molar-refractivity contribution in [2.24, 2.45) is 0 Å². The predicted octanol–water partition coefficient (Wildman–Crippen LogP) is 7.48. The summed E-state index contributed by atoms with van der Waals surface area (Å²) in [7, 11) is 4.20. The average Bonchev–Trinajstić information content (AvgIpc) is 3.37. The van der Waals surface area contributed by atoms with Gasteiger partial charge in [0.2, 0.25) is 5.95 Å². The van der Waals surface area contributed by atoms with E-state index in [0.29, 0.717) is 5.95 Å². The number of urea groups is 1. The highest BCUT2D eigenvalue weighted by Gasteiger charge is 2.30. The van der Waals surface area contributed by atoms with Crippen LogP contribution < -0.4 is 16.0 Å². The van der Waals surface area contributed by atoms with Crippen molar-refractivity contribution in [1.29, 1.82) is 0 Å². The van der Waals surface area contributed by atoms with Crippen LogP contribution in [0.5, 0.6) is 0 Å². The zero-order chi connectivity index (χ0) is 30.8. The first-order valence-corrected chi connectivity index (χ1v) is 15.7. The summed E-state index contributed by atoms with van der Waals surface area (Å²) in [6, 6.07) is 32.9. The molecule has 0 saturated heterocycles. The maximum absolute atomic E-state index is 13.2. The van der Waals surface area contributed by atoms with Crippen LogP contribution in [0.1, 0.15) is 52.6 Å². The van der Waals surface area contributed by atoms with Gasteiger partial charge in [-0.25, -0.2) is 14.8 Å². The third-order valence-corrected chi connectivity index (χ3v) is 8.88. The highest BCUT2D eigenvalue weighted by atomic mass is 16.2. The van der Waals surface area contributed by atoms with Crippen LogP contribution in [-0.2, 0) is 6.42 Å². The minimum absolute atomic E-state index is 0.177. The lowest BCUT2D eigenvalue weighted by Gasteiger charge is -2.27. The van der Waals surface area contributed by atoms with Crippen molar-refractivity contribution in [2.75, 3.05) is 37.8 Å². The Morgan fingerprint density at radius 3 is 2.13 bits per heavy atom. The van der Waals surface area contributed by atoms with E-state index >= 15 is 0 Å². The maximum atomic E-state index is 13.2. The Morgan fingerprint density at radius 2 is 1.44 bits per heavy atom. The van der Waals surface area contributed by atoms with Gasteiger partial charge in [0, 0.05) is 29.9 Å². The molecule has 1 unspecified atom stereocenters. The summed E-state index contributed by atoms with van der Waals surface area (Å²) in [6.45, 7) is 1.94. The summed E-state index contributed by atoms with van der Waals surface area (Å²) in [6.07, 6.45) is 5.01. The number of nitrogens with zero attached hydrogens (tertiary/aromatic N) is 3. The molecule has 0 fully saturated rings. The fourth-order valence-corrected chi connectivity index (χ4v) is 6.68. The molecule has 0 radical (unpaired) electrons. The summed E-state index contributed by atoms with van der Waals surface area (Å²) < 4.78 is 0. The van der Waals surface area contributed by atoms with E-state index in [1.165, 1.54) is 22.3 Å². The molecule has 2 aliphatic rings. The van der Waals surface area contributed by atoms with Gasteiger partial charge in [-0.1, -0.05) is 84.9 Å². The molecular formula is C38H38N6O. The fraction of sp³-hybridized carbons (Fsp3) is 0.237. The first kappa shape index (κ1) is 28.7. The fourth-order valence-electron chi connectivity index (χ4n) is 6.68. The second-order valence-electron chi connectivity index (χ2n) is 12.2. The van der Waals surface area contributed by atoms with Gasteiger partial charge >= 0.3 is 6.03 Å². The zero-order valence-electron chi connectivity index (χ0n) is 25.8. The molecule has 1 atom stereocenters. The van der Waals surface area contributed by atoms with E-state index in [4.69, 9.17) is 4.98 Å². The molecule has 0 saturated carbocycles. The molecule has 2 aliphatic carbocycles. The van der Waals surface area contributed by atoms with Crippen LogP contribution in [0.2, 0.25) is 0 Å². The number of benzene rings is 4. The second kappa shape index (κ2) is 12.5. The lowest BCUT2D eigenvalue weighted by molar-refractivity contribution is 0.250. The first-order valence-electron chi connectivity index (χ1n) is 15.7. The molecule has 3 N–H and O–H groups in total. The molecule has 4 aromatic carbocycles. The average molecular weight is 595 g/mol. The summed E-state index contributed by atoms with van der Waals surface area (Å²) in [4.78, 5) is 25.0. The number of nitrogens with one attached hydrogen (secondary N) is 3.